The van der Waals surface area contributed by atoms with Gasteiger partial charge in [-0.3, -0.25) is 14.5 Å². The maximum Gasteiger partial charge on any atom is 0.471 e. The Hall–Kier alpha value is -3.56. The number of nitrogens with one attached hydrogen (secondary N) is 2. The third kappa shape index (κ3) is 5.33. The molecule has 0 spiro atoms. The van der Waals surface area contributed by atoms with Crippen molar-refractivity contribution < 1.29 is 27.6 Å². The van der Waals surface area contributed by atoms with Crippen LogP contribution in [-0.4, -0.2) is 48.6 Å². The molecule has 31 heavy (non-hydrogen) atoms. The van der Waals surface area contributed by atoms with Gasteiger partial charge in [0.25, 0.3) is 5.91 Å². The molecule has 0 radical (unpaired) electrons. The molecule has 7 nitrogen and oxygen atoms in total. The number of nitrogens with zero attached hydrogens (tertiary/aromatic N) is 2. The van der Waals surface area contributed by atoms with Gasteiger partial charge >= 0.3 is 18.1 Å². The molecule has 10 heteroatoms. The second-order valence-electron chi connectivity index (χ2n) is 6.90. The predicted octanol–water partition coefficient (Wildman–Crippen LogP) is 3.38. The molecule has 2 N–H and O–H groups in total. The van der Waals surface area contributed by atoms with Crippen LogP contribution in [0.25, 0.3) is 0 Å². The van der Waals surface area contributed by atoms with E-state index in [9.17, 15) is 27.6 Å². The van der Waals surface area contributed by atoms with Crippen molar-refractivity contribution in [2.45, 2.75) is 19.6 Å². The summed E-state index contributed by atoms with van der Waals surface area (Å²) < 4.78 is 38.1. The summed E-state index contributed by atoms with van der Waals surface area (Å²) in [7, 11) is 0. The van der Waals surface area contributed by atoms with Gasteiger partial charge in [0.1, 0.15) is 0 Å². The number of alkyl halides is 3. The van der Waals surface area contributed by atoms with E-state index in [1.54, 1.807) is 47.4 Å². The van der Waals surface area contributed by atoms with E-state index in [1.807, 2.05) is 0 Å². The molecule has 0 atom stereocenters. The number of carbonyl (C=O) groups is 3. The van der Waals surface area contributed by atoms with Crippen molar-refractivity contribution >= 4 is 29.2 Å². The van der Waals surface area contributed by atoms with Crippen LogP contribution in [0.2, 0.25) is 0 Å². The van der Waals surface area contributed by atoms with Crippen molar-refractivity contribution in [1.82, 2.24) is 10.2 Å². The van der Waals surface area contributed by atoms with Crippen LogP contribution in [0.3, 0.4) is 0 Å². The van der Waals surface area contributed by atoms with Gasteiger partial charge in [0, 0.05) is 43.1 Å². The van der Waals surface area contributed by atoms with Crippen molar-refractivity contribution in [1.29, 1.82) is 0 Å². The summed E-state index contributed by atoms with van der Waals surface area (Å²) in [5.41, 5.74) is 1.87. The predicted molar refractivity (Wildman–Crippen MR) is 109 cm³/mol. The molecule has 0 saturated carbocycles. The molecular formula is C21H21F3N4O3. The first-order chi connectivity index (χ1) is 14.7. The lowest BCUT2D eigenvalue weighted by molar-refractivity contribution is -0.185. The number of hydrogen-bond acceptors (Lipinski definition) is 3. The fraction of sp³-hybridized carbons (Fsp3) is 0.286. The van der Waals surface area contributed by atoms with E-state index in [0.29, 0.717) is 40.5 Å². The van der Waals surface area contributed by atoms with Crippen molar-refractivity contribution in [2.24, 2.45) is 0 Å². The van der Waals surface area contributed by atoms with E-state index in [-0.39, 0.29) is 19.1 Å². The quantitative estimate of drug-likeness (QED) is 0.732. The summed E-state index contributed by atoms with van der Waals surface area (Å²) in [6.07, 6.45) is -4.94. The number of urea groups is 1. The highest BCUT2D eigenvalue weighted by Crippen LogP contribution is 2.22. The summed E-state index contributed by atoms with van der Waals surface area (Å²) in [4.78, 5) is 38.0. The molecule has 3 rings (SSSR count). The van der Waals surface area contributed by atoms with E-state index in [0.717, 1.165) is 0 Å². The lowest BCUT2D eigenvalue weighted by Gasteiger charge is -2.22. The molecule has 1 saturated heterocycles. The first kappa shape index (κ1) is 22.1. The average molecular weight is 434 g/mol. The minimum absolute atomic E-state index is 0.101. The van der Waals surface area contributed by atoms with Gasteiger partial charge < -0.3 is 15.5 Å². The number of rotatable bonds is 6. The molecule has 1 fully saturated rings. The lowest BCUT2D eigenvalue weighted by Crippen LogP contribution is -2.40. The van der Waals surface area contributed by atoms with E-state index >= 15 is 0 Å². The summed E-state index contributed by atoms with van der Waals surface area (Å²) in [6, 6.07) is 12.6. The molecule has 4 amide bonds. The fourth-order valence-corrected chi connectivity index (χ4v) is 3.19. The van der Waals surface area contributed by atoms with Gasteiger partial charge in [-0.25, -0.2) is 4.79 Å². The van der Waals surface area contributed by atoms with Crippen LogP contribution in [0.5, 0.6) is 0 Å². The SMILES string of the molecule is CCN(Cc1cccc(NC(=O)c2ccc(N3CCNC3=O)cc2)c1)C(=O)C(F)(F)F. The van der Waals surface area contributed by atoms with Crippen molar-refractivity contribution in [2.75, 3.05) is 29.9 Å². The van der Waals surface area contributed by atoms with Gasteiger partial charge in [-0.2, -0.15) is 13.2 Å². The number of anilines is 2. The van der Waals surface area contributed by atoms with Gasteiger partial charge in [-0.15, -0.1) is 0 Å². The van der Waals surface area contributed by atoms with Crippen LogP contribution in [0.4, 0.5) is 29.3 Å². The number of amides is 4. The molecule has 0 aromatic heterocycles. The minimum Gasteiger partial charge on any atom is -0.336 e. The number of hydrogen-bond donors (Lipinski definition) is 2. The van der Waals surface area contributed by atoms with Crippen LogP contribution in [0.1, 0.15) is 22.8 Å². The molecule has 2 aromatic carbocycles. The maximum atomic E-state index is 12.7. The van der Waals surface area contributed by atoms with Crippen LogP contribution in [0.15, 0.2) is 48.5 Å². The minimum atomic E-state index is -4.94. The van der Waals surface area contributed by atoms with Gasteiger partial charge in [-0.05, 0) is 48.9 Å². The van der Waals surface area contributed by atoms with E-state index in [4.69, 9.17) is 0 Å². The molecule has 0 aliphatic carbocycles. The van der Waals surface area contributed by atoms with Crippen LogP contribution >= 0.6 is 0 Å². The molecule has 164 valence electrons. The third-order valence-corrected chi connectivity index (χ3v) is 4.77. The number of halogens is 3. The average Bonchev–Trinajstić information content (AvgIpc) is 3.17. The molecule has 1 heterocycles. The highest BCUT2D eigenvalue weighted by Gasteiger charge is 2.41. The number of benzene rings is 2. The second kappa shape index (κ2) is 9.07. The molecule has 2 aromatic rings. The second-order valence-corrected chi connectivity index (χ2v) is 6.90. The Labute approximate surface area is 176 Å². The monoisotopic (exact) mass is 434 g/mol. The van der Waals surface area contributed by atoms with Crippen molar-refractivity contribution in [3.63, 3.8) is 0 Å². The maximum absolute atomic E-state index is 12.7. The molecule has 1 aliphatic rings. The Morgan fingerprint density at radius 2 is 1.87 bits per heavy atom. The molecule has 0 unspecified atom stereocenters. The summed E-state index contributed by atoms with van der Waals surface area (Å²) in [6.45, 7) is 2.23. The molecule has 1 aliphatic heterocycles. The Kier molecular flexibility index (Phi) is 6.47. The largest absolute Gasteiger partial charge is 0.471 e. The topological polar surface area (TPSA) is 81.8 Å². The third-order valence-electron chi connectivity index (χ3n) is 4.77. The van der Waals surface area contributed by atoms with E-state index < -0.39 is 18.0 Å². The molecule has 0 bridgehead atoms. The number of carbonyl (C=O) groups excluding carboxylic acids is 3. The normalized spacial score (nSPS) is 13.7. The van der Waals surface area contributed by atoms with E-state index in [2.05, 4.69) is 10.6 Å². The highest BCUT2D eigenvalue weighted by molar-refractivity contribution is 6.04. The zero-order valence-corrected chi connectivity index (χ0v) is 16.7. The lowest BCUT2D eigenvalue weighted by atomic mass is 10.1. The Morgan fingerprint density at radius 1 is 1.16 bits per heavy atom. The Balaban J connectivity index is 1.67. The van der Waals surface area contributed by atoms with Gasteiger partial charge in [-0.1, -0.05) is 12.1 Å². The zero-order valence-electron chi connectivity index (χ0n) is 16.7. The zero-order chi connectivity index (χ0) is 22.6. The first-order valence-electron chi connectivity index (χ1n) is 9.61. The smallest absolute Gasteiger partial charge is 0.336 e. The summed E-state index contributed by atoms with van der Waals surface area (Å²) >= 11 is 0. The van der Waals surface area contributed by atoms with Crippen molar-refractivity contribution in [3.8, 4) is 0 Å². The summed E-state index contributed by atoms with van der Waals surface area (Å²) in [5.74, 6) is -2.32. The highest BCUT2D eigenvalue weighted by atomic mass is 19.4. The first-order valence-corrected chi connectivity index (χ1v) is 9.61. The van der Waals surface area contributed by atoms with Gasteiger partial charge in [0.15, 0.2) is 0 Å². The molecular weight excluding hydrogens is 413 g/mol. The Bertz CT molecular complexity index is 977. The standard InChI is InChI=1S/C21H21F3N4O3/c1-2-27(19(30)21(22,23)24)13-14-4-3-5-16(12-14)26-18(29)15-6-8-17(9-7-15)28-11-10-25-20(28)31/h3-9,12H,2,10-11,13H2,1H3,(H,25,31)(H,26,29). The van der Waals surface area contributed by atoms with Gasteiger partial charge in [0.2, 0.25) is 0 Å². The van der Waals surface area contributed by atoms with Crippen LogP contribution in [-0.2, 0) is 11.3 Å². The van der Waals surface area contributed by atoms with E-state index in [1.165, 1.54) is 13.0 Å². The van der Waals surface area contributed by atoms with Gasteiger partial charge in [0.05, 0.1) is 0 Å². The Morgan fingerprint density at radius 3 is 2.45 bits per heavy atom. The fourth-order valence-electron chi connectivity index (χ4n) is 3.19. The van der Waals surface area contributed by atoms with Crippen LogP contribution in [0, 0.1) is 0 Å². The summed E-state index contributed by atoms with van der Waals surface area (Å²) in [5, 5.41) is 5.39. The van der Waals surface area contributed by atoms with Crippen LogP contribution < -0.4 is 15.5 Å². The van der Waals surface area contributed by atoms with Crippen molar-refractivity contribution in [3.05, 3.63) is 59.7 Å².